The van der Waals surface area contributed by atoms with Crippen LogP contribution in [0.25, 0.3) is 0 Å². The Labute approximate surface area is 250 Å². The van der Waals surface area contributed by atoms with E-state index in [1.54, 1.807) is 11.1 Å². The van der Waals surface area contributed by atoms with Crippen LogP contribution in [0.5, 0.6) is 11.5 Å². The van der Waals surface area contributed by atoms with Crippen molar-refractivity contribution in [3.8, 4) is 11.5 Å². The average Bonchev–Trinajstić information content (AvgIpc) is 2.96. The Morgan fingerprint density at radius 2 is 1.71 bits per heavy atom. The Hall–Kier alpha value is -3.93. The summed E-state index contributed by atoms with van der Waals surface area (Å²) in [4.78, 5) is 28.0. The zero-order valence-corrected chi connectivity index (χ0v) is 25.0. The van der Waals surface area contributed by atoms with Crippen LogP contribution in [0.15, 0.2) is 59.1 Å². The molecule has 1 amide bonds. The molecule has 42 heavy (non-hydrogen) atoms. The van der Waals surface area contributed by atoms with Crippen LogP contribution < -0.4 is 24.8 Å². The van der Waals surface area contributed by atoms with Gasteiger partial charge in [-0.15, -0.1) is 13.2 Å². The number of hydrogen-bond acceptors (Lipinski definition) is 7. The highest BCUT2D eigenvalue weighted by atomic mass is 79.9. The molecule has 1 aliphatic heterocycles. The molecule has 12 heteroatoms. The van der Waals surface area contributed by atoms with Gasteiger partial charge in [-0.05, 0) is 79.8 Å². The van der Waals surface area contributed by atoms with Crippen LogP contribution in [-0.4, -0.2) is 45.5 Å². The quantitative estimate of drug-likeness (QED) is 0.200. The zero-order valence-electron chi connectivity index (χ0n) is 23.4. The third-order valence-corrected chi connectivity index (χ3v) is 7.56. The van der Waals surface area contributed by atoms with Gasteiger partial charge in [0.15, 0.2) is 0 Å². The first-order chi connectivity index (χ1) is 20.0. The van der Waals surface area contributed by atoms with E-state index in [-0.39, 0.29) is 23.5 Å². The maximum absolute atomic E-state index is 13.6. The number of rotatable bonds is 9. The highest BCUT2D eigenvalue weighted by molar-refractivity contribution is 9.10. The number of carbonyl (C=O) groups is 2. The van der Waals surface area contributed by atoms with Gasteiger partial charge in [0.05, 0.1) is 37.7 Å². The van der Waals surface area contributed by atoms with E-state index in [0.717, 1.165) is 43.6 Å². The first-order valence-corrected chi connectivity index (χ1v) is 14.0. The number of nitrogens with one attached hydrogen (secondary N) is 1. The number of esters is 1. The van der Waals surface area contributed by atoms with Gasteiger partial charge in [-0.2, -0.15) is 0 Å². The molecule has 8 nitrogen and oxygen atoms in total. The number of ether oxygens (including phenoxy) is 3. The van der Waals surface area contributed by atoms with Gasteiger partial charge < -0.3 is 19.1 Å². The van der Waals surface area contributed by atoms with Crippen molar-refractivity contribution < 1.29 is 37.0 Å². The Balaban J connectivity index is 1.71. The average molecular weight is 650 g/mol. The van der Waals surface area contributed by atoms with E-state index in [0.29, 0.717) is 21.4 Å². The summed E-state index contributed by atoms with van der Waals surface area (Å²) in [6.07, 6.45) is -1.74. The number of hydrogen-bond donors (Lipinski definition) is 1. The van der Waals surface area contributed by atoms with Gasteiger partial charge in [-0.3, -0.25) is 15.2 Å². The molecule has 4 rings (SSSR count). The maximum atomic E-state index is 13.6. The second-order valence-electron chi connectivity index (χ2n) is 9.71. The summed E-state index contributed by atoms with van der Waals surface area (Å²) in [7, 11) is 2.67. The minimum atomic E-state index is -4.83. The van der Waals surface area contributed by atoms with Crippen molar-refractivity contribution in [3.05, 3.63) is 75.8 Å². The molecule has 3 aromatic rings. The van der Waals surface area contributed by atoms with Gasteiger partial charge >= 0.3 is 12.3 Å². The van der Waals surface area contributed by atoms with Crippen LogP contribution in [-0.2, 0) is 16.0 Å². The van der Waals surface area contributed by atoms with Gasteiger partial charge in [-0.1, -0.05) is 28.1 Å². The Morgan fingerprint density at radius 1 is 1.02 bits per heavy atom. The molecule has 0 unspecified atom stereocenters. The smallest absolute Gasteiger partial charge is 0.496 e. The van der Waals surface area contributed by atoms with Crippen LogP contribution in [0, 0.1) is 6.92 Å². The van der Waals surface area contributed by atoms with Gasteiger partial charge in [0.1, 0.15) is 17.1 Å². The SMILES string of the molecule is COC(=O)c1cc(Br)c(CC(=O)NN(c2ccc(OC(F)(F)F)cc2)c2c(C)cccc2N2CCCCC2)cc1OC. The van der Waals surface area contributed by atoms with Crippen molar-refractivity contribution in [2.75, 3.05) is 37.2 Å². The molecule has 0 aromatic heterocycles. The molecule has 1 saturated heterocycles. The molecular weight excluding hydrogens is 619 g/mol. The van der Waals surface area contributed by atoms with E-state index in [1.807, 2.05) is 25.1 Å². The number of anilines is 3. The van der Waals surface area contributed by atoms with Crippen LogP contribution in [0.2, 0.25) is 0 Å². The first kappa shape index (κ1) is 31.0. The van der Waals surface area contributed by atoms with Gasteiger partial charge in [0.2, 0.25) is 5.91 Å². The molecule has 1 heterocycles. The summed E-state index contributed by atoms with van der Waals surface area (Å²) in [6, 6.07) is 14.3. The molecule has 1 fully saturated rings. The molecular formula is C30H31BrF3N3O5. The second kappa shape index (κ2) is 13.4. The third kappa shape index (κ3) is 7.47. The van der Waals surface area contributed by atoms with Crippen molar-refractivity contribution >= 4 is 44.9 Å². The highest BCUT2D eigenvalue weighted by Crippen LogP contribution is 2.38. The molecule has 0 aliphatic carbocycles. The normalized spacial score (nSPS) is 13.4. The molecule has 1 N–H and O–H groups in total. The van der Waals surface area contributed by atoms with E-state index in [9.17, 15) is 22.8 Å². The number of methoxy groups -OCH3 is 2. The lowest BCUT2D eigenvalue weighted by atomic mass is 10.1. The Morgan fingerprint density at radius 3 is 2.33 bits per heavy atom. The topological polar surface area (TPSA) is 80.3 Å². The van der Waals surface area contributed by atoms with Crippen LogP contribution in [0.4, 0.5) is 30.2 Å². The predicted molar refractivity (Wildman–Crippen MR) is 156 cm³/mol. The number of piperidine rings is 1. The van der Waals surface area contributed by atoms with Crippen LogP contribution in [0.3, 0.4) is 0 Å². The van der Waals surface area contributed by atoms with Gasteiger partial charge in [0, 0.05) is 17.6 Å². The van der Waals surface area contributed by atoms with E-state index < -0.39 is 18.2 Å². The van der Waals surface area contributed by atoms with Crippen molar-refractivity contribution in [1.82, 2.24) is 5.43 Å². The Kier molecular flexibility index (Phi) is 9.87. The summed E-state index contributed by atoms with van der Waals surface area (Å²) in [5, 5.41) is 1.59. The molecule has 0 saturated carbocycles. The largest absolute Gasteiger partial charge is 0.573 e. The first-order valence-electron chi connectivity index (χ1n) is 13.3. The number of carbonyl (C=O) groups excluding carboxylic acids is 2. The maximum Gasteiger partial charge on any atom is 0.573 e. The number of alkyl halides is 3. The number of hydrazine groups is 1. The van der Waals surface area contributed by atoms with Gasteiger partial charge in [0.25, 0.3) is 0 Å². The molecule has 3 aromatic carbocycles. The number of halogens is 4. The van der Waals surface area contributed by atoms with Crippen molar-refractivity contribution in [1.29, 1.82) is 0 Å². The van der Waals surface area contributed by atoms with E-state index in [2.05, 4.69) is 31.0 Å². The molecule has 0 atom stereocenters. The van der Waals surface area contributed by atoms with Crippen LogP contribution >= 0.6 is 15.9 Å². The third-order valence-electron chi connectivity index (χ3n) is 6.83. The van der Waals surface area contributed by atoms with E-state index in [1.165, 1.54) is 44.6 Å². The number of nitrogens with zero attached hydrogens (tertiary/aromatic N) is 2. The Bertz CT molecular complexity index is 1430. The summed E-state index contributed by atoms with van der Waals surface area (Å²) >= 11 is 3.43. The minimum Gasteiger partial charge on any atom is -0.496 e. The van der Waals surface area contributed by atoms with Crippen molar-refractivity contribution in [3.63, 3.8) is 0 Å². The summed E-state index contributed by atoms with van der Waals surface area (Å²) in [5.41, 5.74) is 6.59. The fraction of sp³-hybridized carbons (Fsp3) is 0.333. The minimum absolute atomic E-state index is 0.102. The molecule has 0 spiro atoms. The van der Waals surface area contributed by atoms with Crippen molar-refractivity contribution in [2.45, 2.75) is 39.0 Å². The summed E-state index contributed by atoms with van der Waals surface area (Å²) in [6.45, 7) is 3.60. The lowest BCUT2D eigenvalue weighted by Gasteiger charge is -2.35. The number of para-hydroxylation sites is 1. The monoisotopic (exact) mass is 649 g/mol. The molecule has 224 valence electrons. The van der Waals surface area contributed by atoms with E-state index in [4.69, 9.17) is 9.47 Å². The van der Waals surface area contributed by atoms with E-state index >= 15 is 0 Å². The standard InChI is InChI=1S/C30H31BrF3N3O5/c1-19-8-7-9-25(36-14-5-4-6-15-36)28(19)37(21-10-12-22(13-11-21)42-30(32,33)34)35-27(38)17-20-16-26(40-2)23(18-24(20)31)29(39)41-3/h7-13,16,18H,4-6,14-15,17H2,1-3H3,(H,35,38). The van der Waals surface area contributed by atoms with Crippen molar-refractivity contribution in [2.24, 2.45) is 0 Å². The second-order valence-corrected chi connectivity index (χ2v) is 10.6. The lowest BCUT2D eigenvalue weighted by Crippen LogP contribution is -2.41. The predicted octanol–water partition coefficient (Wildman–Crippen LogP) is 6.85. The summed E-state index contributed by atoms with van der Waals surface area (Å²) in [5.74, 6) is -1.12. The summed E-state index contributed by atoms with van der Waals surface area (Å²) < 4.78 is 53.1. The number of aryl methyl sites for hydroxylation is 1. The molecule has 0 radical (unpaired) electrons. The highest BCUT2D eigenvalue weighted by Gasteiger charge is 2.31. The molecule has 1 aliphatic rings. The lowest BCUT2D eigenvalue weighted by molar-refractivity contribution is -0.274. The fourth-order valence-corrected chi connectivity index (χ4v) is 5.36. The number of benzene rings is 3. The molecule has 0 bridgehead atoms. The fourth-order valence-electron chi connectivity index (χ4n) is 4.88. The van der Waals surface area contributed by atoms with Gasteiger partial charge in [-0.25, -0.2) is 4.79 Å². The number of amides is 1. The zero-order chi connectivity index (χ0) is 30.4. The van der Waals surface area contributed by atoms with Crippen LogP contribution in [0.1, 0.15) is 40.7 Å².